The van der Waals surface area contributed by atoms with Gasteiger partial charge in [-0.15, -0.1) is 0 Å². The molecule has 0 spiro atoms. The normalized spacial score (nSPS) is 12.5. The zero-order valence-corrected chi connectivity index (χ0v) is 11.1. The highest BCUT2D eigenvalue weighted by atomic mass is 16.4. The van der Waals surface area contributed by atoms with Crippen LogP contribution >= 0.6 is 0 Å². The van der Waals surface area contributed by atoms with Crippen LogP contribution in [0.25, 0.3) is 0 Å². The number of carbonyl (C=O) groups is 2. The van der Waals surface area contributed by atoms with Crippen molar-refractivity contribution in [2.24, 2.45) is 13.0 Å². The van der Waals surface area contributed by atoms with Gasteiger partial charge in [0.25, 0.3) is 5.91 Å². The lowest BCUT2D eigenvalue weighted by atomic mass is 10.0. The Kier molecular flexibility index (Phi) is 4.47. The fourth-order valence-electron chi connectivity index (χ4n) is 1.64. The molecule has 2 N–H and O–H groups in total. The van der Waals surface area contributed by atoms with Gasteiger partial charge in [0.15, 0.2) is 0 Å². The van der Waals surface area contributed by atoms with Gasteiger partial charge in [-0.05, 0) is 18.4 Å². The number of aliphatic carboxylic acids is 1. The maximum absolute atomic E-state index is 12.0. The van der Waals surface area contributed by atoms with E-state index in [1.807, 2.05) is 6.92 Å². The summed E-state index contributed by atoms with van der Waals surface area (Å²) in [6, 6.07) is 0.784. The molecule has 1 aromatic heterocycles. The van der Waals surface area contributed by atoms with E-state index in [0.29, 0.717) is 5.69 Å². The summed E-state index contributed by atoms with van der Waals surface area (Å²) in [5.41, 5.74) is 1.18. The summed E-state index contributed by atoms with van der Waals surface area (Å²) in [6.45, 7) is 5.44. The van der Waals surface area contributed by atoms with E-state index in [0.717, 1.165) is 12.1 Å². The van der Waals surface area contributed by atoms with Gasteiger partial charge in [-0.25, -0.2) is 4.79 Å². The lowest BCUT2D eigenvalue weighted by Gasteiger charge is -2.17. The summed E-state index contributed by atoms with van der Waals surface area (Å²) in [7, 11) is 1.67. The largest absolute Gasteiger partial charge is 0.480 e. The first-order valence-corrected chi connectivity index (χ1v) is 5.93. The van der Waals surface area contributed by atoms with E-state index in [1.165, 1.54) is 4.68 Å². The molecule has 1 aromatic rings. The van der Waals surface area contributed by atoms with E-state index in [4.69, 9.17) is 5.11 Å². The van der Waals surface area contributed by atoms with Crippen molar-refractivity contribution in [1.29, 1.82) is 0 Å². The summed E-state index contributed by atoms with van der Waals surface area (Å²) < 4.78 is 1.47. The Morgan fingerprint density at radius 1 is 1.50 bits per heavy atom. The molecule has 0 fully saturated rings. The quantitative estimate of drug-likeness (QED) is 0.813. The zero-order valence-electron chi connectivity index (χ0n) is 11.1. The number of hydrogen-bond donors (Lipinski definition) is 2. The molecule has 0 unspecified atom stereocenters. The number of rotatable bonds is 5. The Labute approximate surface area is 106 Å². The highest BCUT2D eigenvalue weighted by Gasteiger charge is 2.25. The molecule has 0 aliphatic rings. The number of carboxylic acid groups (broad SMARTS) is 1. The van der Waals surface area contributed by atoms with Crippen molar-refractivity contribution in [2.75, 3.05) is 0 Å². The number of carbonyl (C=O) groups excluding carboxylic acids is 1. The van der Waals surface area contributed by atoms with E-state index in [1.54, 1.807) is 27.0 Å². The second-order valence-corrected chi connectivity index (χ2v) is 4.53. The zero-order chi connectivity index (χ0) is 13.9. The van der Waals surface area contributed by atoms with Gasteiger partial charge in [0.2, 0.25) is 0 Å². The van der Waals surface area contributed by atoms with Gasteiger partial charge < -0.3 is 10.4 Å². The predicted molar refractivity (Wildman–Crippen MR) is 66.3 cm³/mol. The molecule has 6 nitrogen and oxygen atoms in total. The van der Waals surface area contributed by atoms with Gasteiger partial charge in [-0.3, -0.25) is 9.48 Å². The average Bonchev–Trinajstić information content (AvgIpc) is 2.66. The van der Waals surface area contributed by atoms with Crippen molar-refractivity contribution < 1.29 is 14.7 Å². The SMILES string of the molecule is CCc1cc(C(=O)N[C@@H](C(=O)O)C(C)C)n(C)n1. The van der Waals surface area contributed by atoms with Gasteiger partial charge in [-0.2, -0.15) is 5.10 Å². The third kappa shape index (κ3) is 3.09. The van der Waals surface area contributed by atoms with Crippen LogP contribution in [0.15, 0.2) is 6.07 Å². The maximum atomic E-state index is 12.0. The third-order valence-electron chi connectivity index (χ3n) is 2.74. The lowest BCUT2D eigenvalue weighted by molar-refractivity contribution is -0.140. The molecule has 6 heteroatoms. The number of nitrogens with one attached hydrogen (secondary N) is 1. The van der Waals surface area contributed by atoms with Gasteiger partial charge in [0.05, 0.1) is 5.69 Å². The van der Waals surface area contributed by atoms with Crippen LogP contribution in [-0.2, 0) is 18.3 Å². The molecule has 0 radical (unpaired) electrons. The minimum atomic E-state index is -1.03. The molecule has 18 heavy (non-hydrogen) atoms. The summed E-state index contributed by atoms with van der Waals surface area (Å²) in [6.07, 6.45) is 0.730. The van der Waals surface area contributed by atoms with E-state index in [9.17, 15) is 9.59 Å². The molecule has 0 bridgehead atoms. The van der Waals surface area contributed by atoms with Crippen molar-refractivity contribution in [3.8, 4) is 0 Å². The first kappa shape index (κ1) is 14.2. The highest BCUT2D eigenvalue weighted by Crippen LogP contribution is 2.07. The molecule has 100 valence electrons. The summed E-state index contributed by atoms with van der Waals surface area (Å²) in [5, 5.41) is 15.7. The van der Waals surface area contributed by atoms with Gasteiger partial charge >= 0.3 is 5.97 Å². The number of nitrogens with zero attached hydrogens (tertiary/aromatic N) is 2. The molecule has 1 atom stereocenters. The lowest BCUT2D eigenvalue weighted by Crippen LogP contribution is -2.44. The van der Waals surface area contributed by atoms with Crippen molar-refractivity contribution in [2.45, 2.75) is 33.2 Å². The maximum Gasteiger partial charge on any atom is 0.326 e. The smallest absolute Gasteiger partial charge is 0.326 e. The minimum Gasteiger partial charge on any atom is -0.480 e. The molecular weight excluding hydrogens is 234 g/mol. The Bertz CT molecular complexity index is 451. The van der Waals surface area contributed by atoms with E-state index < -0.39 is 17.9 Å². The first-order valence-electron chi connectivity index (χ1n) is 5.93. The number of aryl methyl sites for hydroxylation is 2. The van der Waals surface area contributed by atoms with Crippen molar-refractivity contribution in [1.82, 2.24) is 15.1 Å². The molecule has 0 saturated carbocycles. The van der Waals surface area contributed by atoms with Crippen LogP contribution in [0.4, 0.5) is 0 Å². The Morgan fingerprint density at radius 3 is 2.50 bits per heavy atom. The summed E-state index contributed by atoms with van der Waals surface area (Å²) in [4.78, 5) is 23.0. The standard InChI is InChI=1S/C12H19N3O3/c1-5-8-6-9(15(4)14-8)11(16)13-10(7(2)3)12(17)18/h6-7,10H,5H2,1-4H3,(H,13,16)(H,17,18)/t10-/m1/s1. The molecule has 0 aromatic carbocycles. The van der Waals surface area contributed by atoms with Crippen LogP contribution in [-0.4, -0.2) is 32.8 Å². The van der Waals surface area contributed by atoms with Crippen LogP contribution < -0.4 is 5.32 Å². The number of aromatic nitrogens is 2. The van der Waals surface area contributed by atoms with Crippen LogP contribution in [0.1, 0.15) is 37.0 Å². The third-order valence-corrected chi connectivity index (χ3v) is 2.74. The van der Waals surface area contributed by atoms with E-state index >= 15 is 0 Å². The second kappa shape index (κ2) is 5.66. The van der Waals surface area contributed by atoms with E-state index in [2.05, 4.69) is 10.4 Å². The minimum absolute atomic E-state index is 0.176. The van der Waals surface area contributed by atoms with Crippen molar-refractivity contribution in [3.63, 3.8) is 0 Å². The molecule has 0 aliphatic carbocycles. The van der Waals surface area contributed by atoms with Gasteiger partial charge in [-0.1, -0.05) is 20.8 Å². The van der Waals surface area contributed by atoms with Crippen LogP contribution in [0.2, 0.25) is 0 Å². The first-order chi connectivity index (χ1) is 8.36. The molecular formula is C12H19N3O3. The fraction of sp³-hybridized carbons (Fsp3) is 0.583. The van der Waals surface area contributed by atoms with Crippen LogP contribution in [0, 0.1) is 5.92 Å². The van der Waals surface area contributed by atoms with Crippen molar-refractivity contribution in [3.05, 3.63) is 17.5 Å². The molecule has 0 aliphatic heterocycles. The van der Waals surface area contributed by atoms with Gasteiger partial charge in [0.1, 0.15) is 11.7 Å². The van der Waals surface area contributed by atoms with E-state index in [-0.39, 0.29) is 5.92 Å². The predicted octanol–water partition coefficient (Wildman–Crippen LogP) is 0.821. The van der Waals surface area contributed by atoms with Gasteiger partial charge in [0, 0.05) is 7.05 Å². The molecule has 1 heterocycles. The highest BCUT2D eigenvalue weighted by molar-refractivity contribution is 5.95. The second-order valence-electron chi connectivity index (χ2n) is 4.53. The number of hydrogen-bond acceptors (Lipinski definition) is 3. The Morgan fingerprint density at radius 2 is 2.11 bits per heavy atom. The molecule has 1 amide bonds. The van der Waals surface area contributed by atoms with Crippen LogP contribution in [0.3, 0.4) is 0 Å². The monoisotopic (exact) mass is 253 g/mol. The molecule has 1 rings (SSSR count). The summed E-state index contributed by atoms with van der Waals surface area (Å²) in [5.74, 6) is -1.62. The average molecular weight is 253 g/mol. The summed E-state index contributed by atoms with van der Waals surface area (Å²) >= 11 is 0. The topological polar surface area (TPSA) is 84.2 Å². The fourth-order valence-corrected chi connectivity index (χ4v) is 1.64. The number of carboxylic acids is 1. The van der Waals surface area contributed by atoms with Crippen LogP contribution in [0.5, 0.6) is 0 Å². The number of amides is 1. The Hall–Kier alpha value is -1.85. The molecule has 0 saturated heterocycles. The Balaban J connectivity index is 2.87. The van der Waals surface area contributed by atoms with Crippen molar-refractivity contribution >= 4 is 11.9 Å².